The number of aryl methyl sites for hydroxylation is 2. The van der Waals surface area contributed by atoms with E-state index in [0.29, 0.717) is 54.4 Å². The predicted octanol–water partition coefficient (Wildman–Crippen LogP) is 7.30. The summed E-state index contributed by atoms with van der Waals surface area (Å²) >= 11 is 9.86. The Hall–Kier alpha value is -3.71. The molecule has 0 spiro atoms. The summed E-state index contributed by atoms with van der Waals surface area (Å²) in [5, 5.41) is 21.4. The molecule has 1 aliphatic heterocycles. The van der Waals surface area contributed by atoms with E-state index in [9.17, 15) is 14.7 Å². The standard InChI is InChI=1S/C30H27ClN4O5S3/c1-5-13-40-21-12-9-19(14-22(21)39-6-2)24-23(25(36)27-16(3)32-17(4)42-27)26(37)28(38)35(24)29-33-34-30(43-29)41-15-18-7-10-20(31)11-8-18/h5,7-12,14,24,37H,1,6,13,15H2,2-4H3. The number of thiazole rings is 1. The van der Waals surface area contributed by atoms with Crippen LogP contribution in [0.4, 0.5) is 5.13 Å². The Bertz CT molecular complexity index is 1720. The molecular weight excluding hydrogens is 628 g/mol. The molecule has 13 heteroatoms. The van der Waals surface area contributed by atoms with Crippen LogP contribution in [0, 0.1) is 13.8 Å². The van der Waals surface area contributed by atoms with Crippen molar-refractivity contribution in [3.63, 3.8) is 0 Å². The number of hydrogen-bond donors (Lipinski definition) is 1. The number of Topliss-reactive ketones (excluding diaryl/α,β-unsaturated/α-hetero) is 1. The third-order valence-electron chi connectivity index (χ3n) is 6.38. The van der Waals surface area contributed by atoms with E-state index in [2.05, 4.69) is 21.8 Å². The molecule has 0 bridgehead atoms. The molecule has 222 valence electrons. The number of amides is 1. The first-order valence-corrected chi connectivity index (χ1v) is 16.2. The van der Waals surface area contributed by atoms with Crippen molar-refractivity contribution in [1.29, 1.82) is 0 Å². The Kier molecular flexibility index (Phi) is 9.50. The molecule has 1 unspecified atom stereocenters. The largest absolute Gasteiger partial charge is 0.503 e. The van der Waals surface area contributed by atoms with Crippen LogP contribution < -0.4 is 14.4 Å². The number of ketones is 1. The molecule has 0 saturated carbocycles. The summed E-state index contributed by atoms with van der Waals surface area (Å²) in [6, 6.07) is 11.6. The normalized spacial score (nSPS) is 14.8. The second-order valence-corrected chi connectivity index (χ2v) is 13.1. The number of carbonyl (C=O) groups excluding carboxylic acids is 2. The van der Waals surface area contributed by atoms with Crippen LogP contribution in [0.2, 0.25) is 5.02 Å². The van der Waals surface area contributed by atoms with E-state index in [0.717, 1.165) is 5.56 Å². The van der Waals surface area contributed by atoms with Gasteiger partial charge in [-0.25, -0.2) is 4.98 Å². The van der Waals surface area contributed by atoms with Gasteiger partial charge in [-0.1, -0.05) is 65.6 Å². The van der Waals surface area contributed by atoms with Gasteiger partial charge in [-0.05, 0) is 56.2 Å². The summed E-state index contributed by atoms with van der Waals surface area (Å²) in [5.74, 6) is -0.349. The van der Waals surface area contributed by atoms with Gasteiger partial charge in [0.15, 0.2) is 21.6 Å². The summed E-state index contributed by atoms with van der Waals surface area (Å²) in [4.78, 5) is 33.7. The van der Waals surface area contributed by atoms with Gasteiger partial charge in [-0.2, -0.15) is 0 Å². The summed E-state index contributed by atoms with van der Waals surface area (Å²) in [7, 11) is 0. The van der Waals surface area contributed by atoms with Crippen LogP contribution in [0.1, 0.15) is 44.5 Å². The van der Waals surface area contributed by atoms with Crippen molar-refractivity contribution in [3.8, 4) is 11.5 Å². The Labute approximate surface area is 265 Å². The SMILES string of the molecule is C=CCOc1ccc(C2C(C(=O)c3sc(C)nc3C)=C(O)C(=O)N2c2nnc(SCc3ccc(Cl)cc3)s2)cc1OCC. The van der Waals surface area contributed by atoms with Crippen LogP contribution in [0.5, 0.6) is 11.5 Å². The highest BCUT2D eigenvalue weighted by Crippen LogP contribution is 2.46. The highest BCUT2D eigenvalue weighted by molar-refractivity contribution is 8.00. The number of nitrogens with zero attached hydrogens (tertiary/aromatic N) is 4. The van der Waals surface area contributed by atoms with E-state index in [1.165, 1.54) is 39.3 Å². The average molecular weight is 655 g/mol. The molecule has 2 aromatic heterocycles. The first-order chi connectivity index (χ1) is 20.7. The molecular formula is C30H27ClN4O5S3. The van der Waals surface area contributed by atoms with E-state index >= 15 is 0 Å². The number of anilines is 1. The number of halogens is 1. The van der Waals surface area contributed by atoms with Gasteiger partial charge < -0.3 is 14.6 Å². The van der Waals surface area contributed by atoms with Crippen LogP contribution in [0.3, 0.4) is 0 Å². The van der Waals surface area contributed by atoms with Crippen molar-refractivity contribution in [2.45, 2.75) is 36.9 Å². The number of aliphatic hydroxyl groups excluding tert-OH is 1. The molecule has 9 nitrogen and oxygen atoms in total. The maximum absolute atomic E-state index is 14.0. The molecule has 1 N–H and O–H groups in total. The molecule has 5 rings (SSSR count). The molecule has 43 heavy (non-hydrogen) atoms. The molecule has 1 amide bonds. The van der Waals surface area contributed by atoms with Crippen molar-refractivity contribution in [1.82, 2.24) is 15.2 Å². The average Bonchev–Trinajstić information content (AvgIpc) is 3.67. The molecule has 3 heterocycles. The van der Waals surface area contributed by atoms with Gasteiger partial charge in [-0.3, -0.25) is 14.5 Å². The smallest absolute Gasteiger partial charge is 0.296 e. The number of benzene rings is 2. The Morgan fingerprint density at radius 1 is 1.14 bits per heavy atom. The van der Waals surface area contributed by atoms with E-state index in [4.69, 9.17) is 21.1 Å². The first kappa shape index (κ1) is 30.7. The van der Waals surface area contributed by atoms with E-state index in [1.807, 2.05) is 31.2 Å². The highest BCUT2D eigenvalue weighted by Gasteiger charge is 2.47. The molecule has 0 saturated heterocycles. The fourth-order valence-electron chi connectivity index (χ4n) is 4.53. The number of thioether (sulfide) groups is 1. The lowest BCUT2D eigenvalue weighted by atomic mass is 9.95. The van der Waals surface area contributed by atoms with Gasteiger partial charge >= 0.3 is 0 Å². The number of aromatic nitrogens is 3. The quantitative estimate of drug-likeness (QED) is 0.0727. The number of carbonyl (C=O) groups is 2. The molecule has 0 aliphatic carbocycles. The minimum Gasteiger partial charge on any atom is -0.503 e. The van der Waals surface area contributed by atoms with Crippen molar-refractivity contribution >= 4 is 62.9 Å². The predicted molar refractivity (Wildman–Crippen MR) is 170 cm³/mol. The van der Waals surface area contributed by atoms with E-state index < -0.39 is 23.5 Å². The third-order valence-corrected chi connectivity index (χ3v) is 9.83. The van der Waals surface area contributed by atoms with Crippen LogP contribution in [0.25, 0.3) is 0 Å². The summed E-state index contributed by atoms with van der Waals surface area (Å²) in [5.41, 5.74) is 2.03. The van der Waals surface area contributed by atoms with Gasteiger partial charge in [0.05, 0.1) is 33.8 Å². The fourth-order valence-corrected chi connectivity index (χ4v) is 7.35. The second kappa shape index (κ2) is 13.3. The highest BCUT2D eigenvalue weighted by atomic mass is 35.5. The Morgan fingerprint density at radius 2 is 1.91 bits per heavy atom. The molecule has 0 fully saturated rings. The fraction of sp³-hybridized carbons (Fsp3) is 0.233. The first-order valence-electron chi connectivity index (χ1n) is 13.2. The van der Waals surface area contributed by atoms with E-state index in [-0.39, 0.29) is 17.3 Å². The van der Waals surface area contributed by atoms with Crippen molar-refractivity contribution in [2.75, 3.05) is 18.1 Å². The van der Waals surface area contributed by atoms with Gasteiger partial charge in [-0.15, -0.1) is 21.5 Å². The molecule has 1 aliphatic rings. The van der Waals surface area contributed by atoms with Crippen molar-refractivity contribution in [3.05, 3.63) is 98.2 Å². The lowest BCUT2D eigenvalue weighted by molar-refractivity contribution is -0.117. The molecule has 1 atom stereocenters. The van der Waals surface area contributed by atoms with Crippen LogP contribution in [-0.4, -0.2) is 45.2 Å². The summed E-state index contributed by atoms with van der Waals surface area (Å²) < 4.78 is 12.2. The number of ether oxygens (including phenoxy) is 2. The molecule has 4 aromatic rings. The number of aliphatic hydroxyl groups is 1. The number of rotatable bonds is 12. The zero-order chi connectivity index (χ0) is 30.7. The molecule has 0 radical (unpaired) electrons. The summed E-state index contributed by atoms with van der Waals surface area (Å²) in [6.45, 7) is 9.69. The zero-order valence-corrected chi connectivity index (χ0v) is 26.7. The Balaban J connectivity index is 1.55. The van der Waals surface area contributed by atoms with Gasteiger partial charge in [0, 0.05) is 10.8 Å². The lowest BCUT2D eigenvalue weighted by Gasteiger charge is -2.25. The van der Waals surface area contributed by atoms with Crippen LogP contribution >= 0.6 is 46.0 Å². The topological polar surface area (TPSA) is 115 Å². The summed E-state index contributed by atoms with van der Waals surface area (Å²) in [6.07, 6.45) is 1.62. The Morgan fingerprint density at radius 3 is 2.58 bits per heavy atom. The van der Waals surface area contributed by atoms with Gasteiger partial charge in [0.1, 0.15) is 6.61 Å². The van der Waals surface area contributed by atoms with Crippen LogP contribution in [0.15, 0.2) is 70.8 Å². The monoisotopic (exact) mass is 654 g/mol. The van der Waals surface area contributed by atoms with Crippen molar-refractivity contribution < 1.29 is 24.2 Å². The maximum Gasteiger partial charge on any atom is 0.296 e. The van der Waals surface area contributed by atoms with Crippen molar-refractivity contribution in [2.24, 2.45) is 0 Å². The van der Waals surface area contributed by atoms with Crippen LogP contribution in [-0.2, 0) is 10.5 Å². The minimum atomic E-state index is -1.00. The third kappa shape index (κ3) is 6.47. The van der Waals surface area contributed by atoms with Gasteiger partial charge in [0.2, 0.25) is 10.9 Å². The second-order valence-electron chi connectivity index (χ2n) is 9.32. The zero-order valence-electron chi connectivity index (χ0n) is 23.5. The molecule has 2 aromatic carbocycles. The lowest BCUT2D eigenvalue weighted by Crippen LogP contribution is -2.31. The minimum absolute atomic E-state index is 0.0653. The maximum atomic E-state index is 14.0. The van der Waals surface area contributed by atoms with E-state index in [1.54, 1.807) is 38.1 Å². The van der Waals surface area contributed by atoms with Gasteiger partial charge in [0.25, 0.3) is 5.91 Å². The number of hydrogen-bond acceptors (Lipinski definition) is 11.